The van der Waals surface area contributed by atoms with Gasteiger partial charge in [0.25, 0.3) is 0 Å². The zero-order valence-electron chi connectivity index (χ0n) is 10.8. The van der Waals surface area contributed by atoms with Crippen molar-refractivity contribution >= 4 is 22.7 Å². The summed E-state index contributed by atoms with van der Waals surface area (Å²) in [4.78, 5) is 4.23. The van der Waals surface area contributed by atoms with Gasteiger partial charge in [0.1, 0.15) is 0 Å². The van der Waals surface area contributed by atoms with Crippen molar-refractivity contribution in [2.24, 2.45) is 0 Å². The first kappa shape index (κ1) is 12.8. The van der Waals surface area contributed by atoms with Gasteiger partial charge in [-0.25, -0.2) is 0 Å². The molecule has 2 atom stereocenters. The Morgan fingerprint density at radius 2 is 1.94 bits per heavy atom. The van der Waals surface area contributed by atoms with Gasteiger partial charge in [-0.05, 0) is 50.8 Å². The van der Waals surface area contributed by atoms with Crippen LogP contribution in [0.5, 0.6) is 0 Å². The summed E-state index contributed by atoms with van der Waals surface area (Å²) >= 11 is 3.70. The molecule has 0 amide bonds. The number of nitrogens with one attached hydrogen (secondary N) is 1. The van der Waals surface area contributed by atoms with Crippen LogP contribution >= 0.6 is 22.7 Å². The van der Waals surface area contributed by atoms with E-state index in [-0.39, 0.29) is 0 Å². The predicted octanol–water partition coefficient (Wildman–Crippen LogP) is 4.84. The minimum Gasteiger partial charge on any atom is -0.303 e. The smallest absolute Gasteiger partial charge is 0.0391 e. The Bertz CT molecular complexity index is 470. The fourth-order valence-corrected chi connectivity index (χ4v) is 3.93. The van der Waals surface area contributed by atoms with E-state index in [1.807, 2.05) is 22.7 Å². The maximum Gasteiger partial charge on any atom is 0.0391 e. The highest BCUT2D eigenvalue weighted by atomic mass is 32.1. The highest BCUT2D eigenvalue weighted by Crippen LogP contribution is 2.28. The Morgan fingerprint density at radius 1 is 1.18 bits per heavy atom. The van der Waals surface area contributed by atoms with Crippen molar-refractivity contribution in [1.82, 2.24) is 5.32 Å². The van der Waals surface area contributed by atoms with E-state index in [2.05, 4.69) is 56.6 Å². The molecular weight excluding hydrogens is 246 g/mol. The summed E-state index contributed by atoms with van der Waals surface area (Å²) in [7, 11) is 0. The summed E-state index contributed by atoms with van der Waals surface area (Å²) in [5, 5.41) is 5.81. The highest BCUT2D eigenvalue weighted by Gasteiger charge is 2.14. The molecular formula is C14H19NS2. The Morgan fingerprint density at radius 3 is 2.47 bits per heavy atom. The average Bonchev–Trinajstić information content (AvgIpc) is 2.87. The maximum absolute atomic E-state index is 3.67. The number of hydrogen-bond donors (Lipinski definition) is 1. The molecule has 0 saturated heterocycles. The van der Waals surface area contributed by atoms with Crippen molar-refractivity contribution in [3.8, 4) is 0 Å². The van der Waals surface area contributed by atoms with Gasteiger partial charge in [0.05, 0.1) is 0 Å². The van der Waals surface area contributed by atoms with Crippen LogP contribution in [-0.4, -0.2) is 0 Å². The molecule has 3 heteroatoms. The standard InChI is InChI=1S/C14H19NS2/c1-9-8-13(12(4)17-9)10(2)15-11(3)14-6-5-7-16-14/h5-8,10-11,15H,1-4H3. The van der Waals surface area contributed by atoms with E-state index in [9.17, 15) is 0 Å². The second-order valence-electron chi connectivity index (χ2n) is 4.49. The Labute approximate surface area is 112 Å². The van der Waals surface area contributed by atoms with Gasteiger partial charge in [-0.3, -0.25) is 0 Å². The molecule has 2 rings (SSSR count). The Hall–Kier alpha value is -0.640. The molecule has 0 fully saturated rings. The van der Waals surface area contributed by atoms with Crippen LogP contribution < -0.4 is 5.32 Å². The first-order chi connectivity index (χ1) is 8.08. The number of hydrogen-bond acceptors (Lipinski definition) is 3. The van der Waals surface area contributed by atoms with Crippen molar-refractivity contribution in [3.63, 3.8) is 0 Å². The third-order valence-electron chi connectivity index (χ3n) is 3.02. The third-order valence-corrected chi connectivity index (χ3v) is 5.05. The number of thiophene rings is 2. The molecule has 0 radical (unpaired) electrons. The van der Waals surface area contributed by atoms with E-state index >= 15 is 0 Å². The molecule has 2 aromatic heterocycles. The SMILES string of the molecule is Cc1cc(C(C)NC(C)c2cccs2)c(C)s1. The lowest BCUT2D eigenvalue weighted by Crippen LogP contribution is -2.21. The van der Waals surface area contributed by atoms with Gasteiger partial charge in [-0.2, -0.15) is 0 Å². The largest absolute Gasteiger partial charge is 0.303 e. The van der Waals surface area contributed by atoms with Crippen LogP contribution in [-0.2, 0) is 0 Å². The average molecular weight is 265 g/mol. The number of rotatable bonds is 4. The molecule has 1 nitrogen and oxygen atoms in total. The normalized spacial score (nSPS) is 14.8. The fourth-order valence-electron chi connectivity index (χ4n) is 2.16. The van der Waals surface area contributed by atoms with E-state index in [0.29, 0.717) is 12.1 Å². The van der Waals surface area contributed by atoms with Gasteiger partial charge in [-0.15, -0.1) is 22.7 Å². The van der Waals surface area contributed by atoms with Crippen LogP contribution in [0.2, 0.25) is 0 Å². The Balaban J connectivity index is 2.06. The van der Waals surface area contributed by atoms with Gasteiger partial charge in [0.15, 0.2) is 0 Å². The summed E-state index contributed by atoms with van der Waals surface area (Å²) in [6.07, 6.45) is 0. The lowest BCUT2D eigenvalue weighted by Gasteiger charge is -2.19. The van der Waals surface area contributed by atoms with Gasteiger partial charge in [0.2, 0.25) is 0 Å². The molecule has 1 N–H and O–H groups in total. The molecule has 0 spiro atoms. The van der Waals surface area contributed by atoms with Crippen LogP contribution in [0.25, 0.3) is 0 Å². The van der Waals surface area contributed by atoms with E-state index in [0.717, 1.165) is 0 Å². The van der Waals surface area contributed by atoms with Crippen LogP contribution in [0.3, 0.4) is 0 Å². The maximum atomic E-state index is 3.67. The zero-order valence-corrected chi connectivity index (χ0v) is 12.4. The molecule has 17 heavy (non-hydrogen) atoms. The fraction of sp³-hybridized carbons (Fsp3) is 0.429. The lowest BCUT2D eigenvalue weighted by atomic mass is 10.1. The lowest BCUT2D eigenvalue weighted by molar-refractivity contribution is 0.499. The zero-order chi connectivity index (χ0) is 12.4. The summed E-state index contributed by atoms with van der Waals surface area (Å²) in [5.41, 5.74) is 1.44. The molecule has 0 aliphatic carbocycles. The van der Waals surface area contributed by atoms with Crippen molar-refractivity contribution < 1.29 is 0 Å². The summed E-state index contributed by atoms with van der Waals surface area (Å²) < 4.78 is 0. The molecule has 0 aromatic carbocycles. The van der Waals surface area contributed by atoms with Crippen LogP contribution in [0, 0.1) is 13.8 Å². The van der Waals surface area contributed by atoms with E-state index < -0.39 is 0 Å². The van der Waals surface area contributed by atoms with Crippen LogP contribution in [0.15, 0.2) is 23.6 Å². The van der Waals surface area contributed by atoms with E-state index in [4.69, 9.17) is 0 Å². The van der Waals surface area contributed by atoms with Gasteiger partial charge in [-0.1, -0.05) is 6.07 Å². The topological polar surface area (TPSA) is 12.0 Å². The molecule has 0 saturated carbocycles. The van der Waals surface area contributed by atoms with Crippen molar-refractivity contribution in [2.75, 3.05) is 0 Å². The Kier molecular flexibility index (Phi) is 4.02. The van der Waals surface area contributed by atoms with Crippen LogP contribution in [0.1, 0.15) is 46.1 Å². The molecule has 2 unspecified atom stereocenters. The number of aryl methyl sites for hydroxylation is 2. The van der Waals surface area contributed by atoms with E-state index in [1.165, 1.54) is 20.2 Å². The van der Waals surface area contributed by atoms with Crippen molar-refractivity contribution in [1.29, 1.82) is 0 Å². The van der Waals surface area contributed by atoms with Crippen LogP contribution in [0.4, 0.5) is 0 Å². The van der Waals surface area contributed by atoms with Crippen molar-refractivity contribution in [3.05, 3.63) is 43.8 Å². The van der Waals surface area contributed by atoms with Gasteiger partial charge in [0, 0.05) is 26.7 Å². The second kappa shape index (κ2) is 5.34. The summed E-state index contributed by atoms with van der Waals surface area (Å²) in [6, 6.07) is 7.45. The summed E-state index contributed by atoms with van der Waals surface area (Å²) in [5.74, 6) is 0. The monoisotopic (exact) mass is 265 g/mol. The first-order valence-corrected chi connectivity index (χ1v) is 7.64. The third kappa shape index (κ3) is 2.97. The highest BCUT2D eigenvalue weighted by molar-refractivity contribution is 7.12. The second-order valence-corrected chi connectivity index (χ2v) is 6.93. The van der Waals surface area contributed by atoms with Gasteiger partial charge >= 0.3 is 0 Å². The first-order valence-electron chi connectivity index (χ1n) is 5.94. The van der Waals surface area contributed by atoms with Crippen molar-refractivity contribution in [2.45, 2.75) is 39.8 Å². The van der Waals surface area contributed by atoms with Gasteiger partial charge < -0.3 is 5.32 Å². The molecule has 2 heterocycles. The minimum absolute atomic E-state index is 0.414. The molecule has 2 aromatic rings. The van der Waals surface area contributed by atoms with E-state index in [1.54, 1.807) is 0 Å². The minimum atomic E-state index is 0.414. The molecule has 92 valence electrons. The molecule has 0 aliphatic rings. The quantitative estimate of drug-likeness (QED) is 0.834. The summed E-state index contributed by atoms with van der Waals surface area (Å²) in [6.45, 7) is 8.87. The molecule has 0 aliphatic heterocycles. The molecule has 0 bridgehead atoms. The predicted molar refractivity (Wildman–Crippen MR) is 78.1 cm³/mol.